The maximum atomic E-state index is 12.1. The van der Waals surface area contributed by atoms with Gasteiger partial charge in [0.25, 0.3) is 0 Å². The molecule has 0 aromatic heterocycles. The van der Waals surface area contributed by atoms with Gasteiger partial charge >= 0.3 is 0 Å². The third-order valence-electron chi connectivity index (χ3n) is 3.34. The van der Waals surface area contributed by atoms with Gasteiger partial charge in [-0.1, -0.05) is 37.6 Å². The zero-order chi connectivity index (χ0) is 16.0. The Labute approximate surface area is 144 Å². The second-order valence-corrected chi connectivity index (χ2v) is 6.18. The first-order valence-electron chi connectivity index (χ1n) is 7.19. The molecule has 1 rings (SSSR count). The topological polar surface area (TPSA) is 64.3 Å². The predicted octanol–water partition coefficient (Wildman–Crippen LogP) is 3.33. The van der Waals surface area contributed by atoms with E-state index in [4.69, 9.17) is 22.1 Å². The van der Waals surface area contributed by atoms with Gasteiger partial charge in [0.1, 0.15) is 6.10 Å². The first-order valence-corrected chi connectivity index (χ1v) is 7.57. The Hall–Kier alpha value is -0.810. The van der Waals surface area contributed by atoms with Gasteiger partial charge in [0.15, 0.2) is 0 Å². The summed E-state index contributed by atoms with van der Waals surface area (Å²) in [5.74, 6) is 0.239. The molecule has 1 amide bonds. The maximum Gasteiger partial charge on any atom is 0.237 e. The van der Waals surface area contributed by atoms with Gasteiger partial charge in [0.05, 0.1) is 12.1 Å². The molecule has 0 aliphatic heterocycles. The Morgan fingerprint density at radius 1 is 1.27 bits per heavy atom. The van der Waals surface area contributed by atoms with Gasteiger partial charge in [-0.25, -0.2) is 0 Å². The summed E-state index contributed by atoms with van der Waals surface area (Å²) in [4.78, 5) is 12.1. The molecule has 0 saturated carbocycles. The van der Waals surface area contributed by atoms with Crippen molar-refractivity contribution in [3.63, 3.8) is 0 Å². The summed E-state index contributed by atoms with van der Waals surface area (Å²) in [6.45, 7) is 5.99. The Balaban J connectivity index is 0.00000441. The molecular weight excluding hydrogens is 323 g/mol. The van der Waals surface area contributed by atoms with Gasteiger partial charge in [0.2, 0.25) is 5.91 Å². The summed E-state index contributed by atoms with van der Waals surface area (Å²) in [7, 11) is 1.62. The fraction of sp³-hybridized carbons (Fsp3) is 0.562. The number of methoxy groups -OCH3 is 1. The van der Waals surface area contributed by atoms with Crippen LogP contribution in [-0.2, 0) is 9.53 Å². The van der Waals surface area contributed by atoms with Gasteiger partial charge in [-0.05, 0) is 37.0 Å². The number of carbonyl (C=O) groups excluding carboxylic acids is 1. The van der Waals surface area contributed by atoms with E-state index in [9.17, 15) is 4.79 Å². The number of halogens is 2. The van der Waals surface area contributed by atoms with E-state index in [0.29, 0.717) is 17.4 Å². The maximum absolute atomic E-state index is 12.1. The van der Waals surface area contributed by atoms with Crippen LogP contribution in [0.3, 0.4) is 0 Å². The molecule has 1 aromatic carbocycles. The molecule has 0 aliphatic rings. The lowest BCUT2D eigenvalue weighted by Gasteiger charge is -2.26. The molecular formula is C16H26Cl2N2O2. The lowest BCUT2D eigenvalue weighted by atomic mass is 10.0. The van der Waals surface area contributed by atoms with Crippen LogP contribution in [0, 0.1) is 5.92 Å². The van der Waals surface area contributed by atoms with Crippen molar-refractivity contribution >= 4 is 29.9 Å². The van der Waals surface area contributed by atoms with E-state index < -0.39 is 6.04 Å². The molecule has 0 saturated heterocycles. The molecule has 0 fully saturated rings. The number of amides is 1. The second-order valence-electron chi connectivity index (χ2n) is 5.74. The highest BCUT2D eigenvalue weighted by Crippen LogP contribution is 2.22. The van der Waals surface area contributed by atoms with E-state index in [-0.39, 0.29) is 30.5 Å². The van der Waals surface area contributed by atoms with Gasteiger partial charge in [0, 0.05) is 12.1 Å². The smallest absolute Gasteiger partial charge is 0.237 e. The van der Waals surface area contributed by atoms with Gasteiger partial charge < -0.3 is 15.8 Å². The molecule has 4 nitrogen and oxygen atoms in total. The summed E-state index contributed by atoms with van der Waals surface area (Å²) >= 11 is 5.89. The van der Waals surface area contributed by atoms with E-state index in [0.717, 1.165) is 5.56 Å². The van der Waals surface area contributed by atoms with Crippen LogP contribution in [0.1, 0.15) is 38.9 Å². The lowest BCUT2D eigenvalue weighted by molar-refractivity contribution is -0.124. The molecule has 1 aromatic rings. The molecule has 0 radical (unpaired) electrons. The Kier molecular flexibility index (Phi) is 9.69. The summed E-state index contributed by atoms with van der Waals surface area (Å²) in [6.07, 6.45) is 0.425. The van der Waals surface area contributed by atoms with Crippen molar-refractivity contribution in [1.29, 1.82) is 0 Å². The summed E-state index contributed by atoms with van der Waals surface area (Å²) in [5.41, 5.74) is 6.86. The number of rotatable bonds is 7. The zero-order valence-electron chi connectivity index (χ0n) is 13.5. The van der Waals surface area contributed by atoms with Gasteiger partial charge in [-0.2, -0.15) is 0 Å². The minimum Gasteiger partial charge on any atom is -0.375 e. The van der Waals surface area contributed by atoms with Crippen LogP contribution in [-0.4, -0.2) is 25.1 Å². The molecule has 0 heterocycles. The van der Waals surface area contributed by atoms with Crippen LogP contribution in [0.5, 0.6) is 0 Å². The average Bonchev–Trinajstić information content (AvgIpc) is 2.40. The van der Waals surface area contributed by atoms with Crippen molar-refractivity contribution in [3.8, 4) is 0 Å². The van der Waals surface area contributed by atoms with Crippen LogP contribution in [0.15, 0.2) is 24.3 Å². The lowest BCUT2D eigenvalue weighted by Crippen LogP contribution is -2.47. The van der Waals surface area contributed by atoms with Crippen LogP contribution in [0.25, 0.3) is 0 Å². The molecule has 2 unspecified atom stereocenters. The molecule has 0 aliphatic carbocycles. The number of ether oxygens (including phenoxy) is 1. The minimum absolute atomic E-state index is 0. The number of nitrogens with one attached hydrogen (secondary N) is 1. The van der Waals surface area contributed by atoms with E-state index >= 15 is 0 Å². The molecule has 0 bridgehead atoms. The van der Waals surface area contributed by atoms with Crippen LogP contribution in [0.2, 0.25) is 5.02 Å². The summed E-state index contributed by atoms with van der Waals surface area (Å²) < 4.78 is 5.50. The molecule has 126 valence electrons. The normalized spacial score (nSPS) is 14.9. The quantitative estimate of drug-likeness (QED) is 0.794. The summed E-state index contributed by atoms with van der Waals surface area (Å²) in [6, 6.07) is 6.74. The minimum atomic E-state index is -0.491. The van der Waals surface area contributed by atoms with E-state index in [2.05, 4.69) is 5.32 Å². The third kappa shape index (κ3) is 6.53. The molecule has 3 atom stereocenters. The van der Waals surface area contributed by atoms with Crippen LogP contribution >= 0.6 is 24.0 Å². The van der Waals surface area contributed by atoms with Crippen molar-refractivity contribution < 1.29 is 9.53 Å². The predicted molar refractivity (Wildman–Crippen MR) is 93.5 cm³/mol. The fourth-order valence-electron chi connectivity index (χ4n) is 2.30. The number of hydrogen-bond donors (Lipinski definition) is 2. The SMILES string of the molecule is COC(c1ccc(Cl)cc1)C(C)NC(=O)[C@@H](N)CC(C)C.Cl. The Morgan fingerprint density at radius 2 is 1.82 bits per heavy atom. The van der Waals surface area contributed by atoms with Crippen LogP contribution in [0.4, 0.5) is 0 Å². The average molecular weight is 349 g/mol. The zero-order valence-corrected chi connectivity index (χ0v) is 15.1. The van der Waals surface area contributed by atoms with E-state index in [1.54, 1.807) is 7.11 Å². The van der Waals surface area contributed by atoms with Crippen molar-refractivity contribution in [3.05, 3.63) is 34.9 Å². The first kappa shape index (κ1) is 21.2. The van der Waals surface area contributed by atoms with Crippen molar-refractivity contribution in [2.24, 2.45) is 11.7 Å². The van der Waals surface area contributed by atoms with E-state index in [1.807, 2.05) is 45.0 Å². The monoisotopic (exact) mass is 348 g/mol. The highest BCUT2D eigenvalue weighted by Gasteiger charge is 2.23. The summed E-state index contributed by atoms with van der Waals surface area (Å²) in [5, 5.41) is 3.60. The second kappa shape index (κ2) is 10.1. The number of carbonyl (C=O) groups is 1. The highest BCUT2D eigenvalue weighted by molar-refractivity contribution is 6.30. The molecule has 3 N–H and O–H groups in total. The van der Waals surface area contributed by atoms with E-state index in [1.165, 1.54) is 0 Å². The fourth-order valence-corrected chi connectivity index (χ4v) is 2.43. The Morgan fingerprint density at radius 3 is 2.27 bits per heavy atom. The number of benzene rings is 1. The highest BCUT2D eigenvalue weighted by atomic mass is 35.5. The van der Waals surface area contributed by atoms with Gasteiger partial charge in [-0.15, -0.1) is 12.4 Å². The number of hydrogen-bond acceptors (Lipinski definition) is 3. The number of nitrogens with two attached hydrogens (primary N) is 1. The van der Waals surface area contributed by atoms with Gasteiger partial charge in [-0.3, -0.25) is 4.79 Å². The van der Waals surface area contributed by atoms with Crippen molar-refractivity contribution in [1.82, 2.24) is 5.32 Å². The van der Waals surface area contributed by atoms with Crippen molar-refractivity contribution in [2.45, 2.75) is 45.4 Å². The van der Waals surface area contributed by atoms with Crippen molar-refractivity contribution in [2.75, 3.05) is 7.11 Å². The third-order valence-corrected chi connectivity index (χ3v) is 3.59. The standard InChI is InChI=1S/C16H25ClN2O2.ClH/c1-10(2)9-14(18)16(20)19-11(3)15(21-4)12-5-7-13(17)8-6-12;/h5-8,10-11,14-15H,9,18H2,1-4H3,(H,19,20);1H/t11?,14-,15?;/m0./s1. The molecule has 22 heavy (non-hydrogen) atoms. The molecule has 6 heteroatoms. The Bertz CT molecular complexity index is 452. The largest absolute Gasteiger partial charge is 0.375 e. The van der Waals surface area contributed by atoms with Crippen LogP contribution < -0.4 is 11.1 Å². The first-order chi connectivity index (χ1) is 9.85. The molecule has 0 spiro atoms.